The van der Waals surface area contributed by atoms with Crippen LogP contribution in [0.5, 0.6) is 0 Å². The van der Waals surface area contributed by atoms with E-state index in [1.54, 1.807) is 6.08 Å². The summed E-state index contributed by atoms with van der Waals surface area (Å²) in [6.07, 6.45) is 2.28. The van der Waals surface area contributed by atoms with E-state index >= 15 is 0 Å². The highest BCUT2D eigenvalue weighted by Gasteiger charge is 2.07. The number of hydrogen-bond donors (Lipinski definition) is 0. The van der Waals surface area contributed by atoms with Crippen LogP contribution in [0.25, 0.3) is 0 Å². The van der Waals surface area contributed by atoms with E-state index in [1.165, 1.54) is 0 Å². The maximum Gasteiger partial charge on any atom is 0.254 e. The van der Waals surface area contributed by atoms with Gasteiger partial charge in [0, 0.05) is 16.1 Å². The van der Waals surface area contributed by atoms with Gasteiger partial charge in [-0.25, -0.2) is 8.42 Å². The Bertz CT molecular complexity index is 234. The van der Waals surface area contributed by atoms with Gasteiger partial charge >= 0.3 is 0 Å². The molecule has 0 unspecified atom stereocenters. The Morgan fingerprint density at radius 1 is 1.36 bits per heavy atom. The minimum absolute atomic E-state index is 0.109. The lowest BCUT2D eigenvalue weighted by molar-refractivity contribution is 0.421. The van der Waals surface area contributed by atoms with Crippen LogP contribution < -0.4 is 0 Å². The van der Waals surface area contributed by atoms with E-state index in [0.29, 0.717) is 6.42 Å². The van der Waals surface area contributed by atoms with Crippen molar-refractivity contribution in [2.24, 2.45) is 5.41 Å². The van der Waals surface area contributed by atoms with Gasteiger partial charge < -0.3 is 0 Å². The molecular weight excluding hydrogens is 184 g/mol. The zero-order valence-corrected chi connectivity index (χ0v) is 8.54. The van der Waals surface area contributed by atoms with Crippen LogP contribution in [-0.4, -0.2) is 8.42 Å². The number of hydrogen-bond acceptors (Lipinski definition) is 2. The van der Waals surface area contributed by atoms with Crippen molar-refractivity contribution in [1.29, 1.82) is 0 Å². The topological polar surface area (TPSA) is 34.1 Å². The summed E-state index contributed by atoms with van der Waals surface area (Å²) in [6, 6.07) is 0. The molecule has 66 valence electrons. The number of rotatable bonds is 2. The number of halogens is 1. The third kappa shape index (κ3) is 9.98. The molecule has 0 N–H and O–H groups in total. The van der Waals surface area contributed by atoms with E-state index in [2.05, 4.69) is 0 Å². The fourth-order valence-electron chi connectivity index (χ4n) is 0.517. The molecule has 0 aromatic carbocycles. The summed E-state index contributed by atoms with van der Waals surface area (Å²) in [5.74, 6) is 0. The van der Waals surface area contributed by atoms with Crippen LogP contribution in [-0.2, 0) is 9.05 Å². The van der Waals surface area contributed by atoms with Gasteiger partial charge in [-0.15, -0.1) is 0 Å². The summed E-state index contributed by atoms with van der Waals surface area (Å²) < 4.78 is 20.8. The molecule has 0 radical (unpaired) electrons. The van der Waals surface area contributed by atoms with Crippen molar-refractivity contribution in [1.82, 2.24) is 0 Å². The molecule has 11 heavy (non-hydrogen) atoms. The molecule has 0 fully saturated rings. The van der Waals surface area contributed by atoms with Crippen LogP contribution in [0.4, 0.5) is 0 Å². The van der Waals surface area contributed by atoms with Crippen molar-refractivity contribution in [3.63, 3.8) is 0 Å². The molecule has 0 rings (SSSR count). The van der Waals surface area contributed by atoms with Crippen LogP contribution in [0, 0.1) is 5.41 Å². The lowest BCUT2D eigenvalue weighted by Gasteiger charge is -2.13. The normalized spacial score (nSPS) is 14.2. The second kappa shape index (κ2) is 3.59. The van der Waals surface area contributed by atoms with E-state index in [4.69, 9.17) is 10.7 Å². The maximum absolute atomic E-state index is 10.4. The summed E-state index contributed by atoms with van der Waals surface area (Å²) in [6.45, 7) is 6.08. The van der Waals surface area contributed by atoms with Gasteiger partial charge in [-0.3, -0.25) is 0 Å². The van der Waals surface area contributed by atoms with Gasteiger partial charge in [-0.1, -0.05) is 26.8 Å². The van der Waals surface area contributed by atoms with Gasteiger partial charge in [0.05, 0.1) is 0 Å². The SMILES string of the molecule is CC(C)(C)C/C=C\S(=O)(=O)Cl. The lowest BCUT2D eigenvalue weighted by Crippen LogP contribution is -2.01. The van der Waals surface area contributed by atoms with Gasteiger partial charge in [-0.2, -0.15) is 0 Å². The van der Waals surface area contributed by atoms with Crippen molar-refractivity contribution >= 4 is 19.7 Å². The van der Waals surface area contributed by atoms with Crippen molar-refractivity contribution < 1.29 is 8.42 Å². The molecule has 0 aliphatic carbocycles. The molecule has 0 saturated heterocycles. The smallest absolute Gasteiger partial charge is 0.208 e. The molecular formula is C7H13ClO2S. The second-order valence-electron chi connectivity index (χ2n) is 3.61. The zero-order valence-electron chi connectivity index (χ0n) is 6.96. The first-order valence-electron chi connectivity index (χ1n) is 3.32. The Labute approximate surface area is 72.7 Å². The Morgan fingerprint density at radius 3 is 2.09 bits per heavy atom. The number of allylic oxidation sites excluding steroid dienone is 1. The molecule has 0 spiro atoms. The average Bonchev–Trinajstić information content (AvgIpc) is 1.55. The van der Waals surface area contributed by atoms with Crippen LogP contribution >= 0.6 is 10.7 Å². The summed E-state index contributed by atoms with van der Waals surface area (Å²) in [7, 11) is 1.49. The van der Waals surface area contributed by atoms with Gasteiger partial charge in [0.25, 0.3) is 9.05 Å². The monoisotopic (exact) mass is 196 g/mol. The highest BCUT2D eigenvalue weighted by Crippen LogP contribution is 2.19. The first-order chi connectivity index (χ1) is 4.71. The lowest BCUT2D eigenvalue weighted by atomic mass is 9.93. The first-order valence-corrected chi connectivity index (χ1v) is 5.69. The van der Waals surface area contributed by atoms with Crippen LogP contribution in [0.1, 0.15) is 27.2 Å². The molecule has 4 heteroatoms. The van der Waals surface area contributed by atoms with Gasteiger partial charge in [-0.05, 0) is 11.8 Å². The van der Waals surface area contributed by atoms with Crippen molar-refractivity contribution in [3.05, 3.63) is 11.5 Å². The fourth-order valence-corrected chi connectivity index (χ4v) is 1.06. The van der Waals surface area contributed by atoms with E-state index in [9.17, 15) is 8.42 Å². The Kier molecular flexibility index (Phi) is 3.58. The molecule has 0 atom stereocenters. The first kappa shape index (κ1) is 11.0. The summed E-state index contributed by atoms with van der Waals surface area (Å²) >= 11 is 0. The van der Waals surface area contributed by atoms with Crippen LogP contribution in [0.2, 0.25) is 0 Å². The maximum atomic E-state index is 10.4. The molecule has 0 amide bonds. The predicted octanol–water partition coefficient (Wildman–Crippen LogP) is 2.50. The molecule has 0 aromatic heterocycles. The highest BCUT2D eigenvalue weighted by molar-refractivity contribution is 8.16. The van der Waals surface area contributed by atoms with E-state index in [1.807, 2.05) is 20.8 Å². The minimum Gasteiger partial charge on any atom is -0.208 e. The van der Waals surface area contributed by atoms with Crippen LogP contribution in [0.3, 0.4) is 0 Å². The quantitative estimate of drug-likeness (QED) is 0.636. The largest absolute Gasteiger partial charge is 0.254 e. The Morgan fingerprint density at radius 2 is 1.82 bits per heavy atom. The highest BCUT2D eigenvalue weighted by atomic mass is 35.7. The van der Waals surface area contributed by atoms with Gasteiger partial charge in [0.15, 0.2) is 0 Å². The van der Waals surface area contributed by atoms with Gasteiger partial charge in [0.1, 0.15) is 0 Å². The minimum atomic E-state index is -3.45. The van der Waals surface area contributed by atoms with Gasteiger partial charge in [0.2, 0.25) is 0 Å². The summed E-state index contributed by atoms with van der Waals surface area (Å²) in [5, 5.41) is 1.03. The Balaban J connectivity index is 4.01. The van der Waals surface area contributed by atoms with Crippen molar-refractivity contribution in [2.75, 3.05) is 0 Å². The van der Waals surface area contributed by atoms with Crippen LogP contribution in [0.15, 0.2) is 11.5 Å². The fraction of sp³-hybridized carbons (Fsp3) is 0.714. The Hall–Kier alpha value is -0.0200. The molecule has 0 aromatic rings. The third-order valence-corrected chi connectivity index (χ3v) is 1.82. The average molecular weight is 197 g/mol. The van der Waals surface area contributed by atoms with E-state index < -0.39 is 9.05 Å². The van der Waals surface area contributed by atoms with Crippen molar-refractivity contribution in [3.8, 4) is 0 Å². The van der Waals surface area contributed by atoms with E-state index in [-0.39, 0.29) is 5.41 Å². The van der Waals surface area contributed by atoms with Crippen molar-refractivity contribution in [2.45, 2.75) is 27.2 Å². The third-order valence-electron chi connectivity index (χ3n) is 0.989. The molecule has 0 aliphatic rings. The van der Waals surface area contributed by atoms with E-state index in [0.717, 1.165) is 5.41 Å². The standard InChI is InChI=1S/C7H13ClO2S/c1-7(2,3)5-4-6-11(8,9)10/h4,6H,5H2,1-3H3/b6-4-. The zero-order chi connectivity index (χ0) is 9.12. The summed E-state index contributed by atoms with van der Waals surface area (Å²) in [4.78, 5) is 0. The molecule has 2 nitrogen and oxygen atoms in total. The second-order valence-corrected chi connectivity index (χ2v) is 6.13. The predicted molar refractivity (Wildman–Crippen MR) is 48.0 cm³/mol. The molecule has 0 heterocycles. The summed E-state index contributed by atoms with van der Waals surface area (Å²) in [5.41, 5.74) is 0.109. The molecule has 0 aliphatic heterocycles. The molecule has 0 saturated carbocycles. The molecule has 0 bridgehead atoms.